The lowest BCUT2D eigenvalue weighted by molar-refractivity contribution is 0.655. The van der Waals surface area contributed by atoms with Gasteiger partial charge in [-0.1, -0.05) is 28.8 Å². The van der Waals surface area contributed by atoms with Gasteiger partial charge < -0.3 is 0 Å². The number of aromatic nitrogens is 2. The molecule has 3 heteroatoms. The largest absolute Gasteiger partial charge is 0.275 e. The molecule has 2 rings (SSSR count). The van der Waals surface area contributed by atoms with E-state index in [1.165, 1.54) is 36.9 Å². The summed E-state index contributed by atoms with van der Waals surface area (Å²) in [5.74, 6) is 0.730. The Bertz CT molecular complexity index is 287. The summed E-state index contributed by atoms with van der Waals surface area (Å²) in [5, 5.41) is 5.49. The van der Waals surface area contributed by atoms with Gasteiger partial charge in [-0.3, -0.25) is 4.68 Å². The average molecular weight is 243 g/mol. The van der Waals surface area contributed by atoms with Crippen molar-refractivity contribution in [1.29, 1.82) is 0 Å². The Balaban J connectivity index is 2.26. The van der Waals surface area contributed by atoms with Gasteiger partial charge in [-0.15, -0.1) is 0 Å². The molecule has 13 heavy (non-hydrogen) atoms. The van der Waals surface area contributed by atoms with E-state index in [0.29, 0.717) is 0 Å². The van der Waals surface area contributed by atoms with Crippen LogP contribution in [0.25, 0.3) is 0 Å². The predicted molar refractivity (Wildman–Crippen MR) is 57.0 cm³/mol. The van der Waals surface area contributed by atoms with Gasteiger partial charge in [-0.2, -0.15) is 5.10 Å². The van der Waals surface area contributed by atoms with Gasteiger partial charge in [-0.05, 0) is 12.8 Å². The van der Waals surface area contributed by atoms with Gasteiger partial charge in [0.05, 0.1) is 5.69 Å². The number of alkyl halides is 1. The number of hydrogen-bond donors (Lipinski definition) is 0. The molecule has 0 aliphatic heterocycles. The van der Waals surface area contributed by atoms with Crippen LogP contribution in [0, 0.1) is 0 Å². The molecule has 1 fully saturated rings. The molecule has 0 aromatic carbocycles. The van der Waals surface area contributed by atoms with Crippen molar-refractivity contribution in [3.05, 3.63) is 17.5 Å². The Morgan fingerprint density at radius 1 is 1.54 bits per heavy atom. The molecule has 1 heterocycles. The standard InChI is InChI=1S/C10H15BrN2/c1-13-7-9(6-11)10(12-13)8-4-2-3-5-8/h7-8H,2-6H2,1H3. The third kappa shape index (κ3) is 1.80. The van der Waals surface area contributed by atoms with E-state index in [-0.39, 0.29) is 0 Å². The van der Waals surface area contributed by atoms with Crippen molar-refractivity contribution in [3.63, 3.8) is 0 Å². The first kappa shape index (κ1) is 9.25. The molecular formula is C10H15BrN2. The van der Waals surface area contributed by atoms with Crippen molar-refractivity contribution in [1.82, 2.24) is 9.78 Å². The van der Waals surface area contributed by atoms with Crippen LogP contribution in [0.3, 0.4) is 0 Å². The second kappa shape index (κ2) is 3.82. The van der Waals surface area contributed by atoms with Crippen LogP contribution < -0.4 is 0 Å². The summed E-state index contributed by atoms with van der Waals surface area (Å²) in [6.07, 6.45) is 7.54. The van der Waals surface area contributed by atoms with E-state index in [4.69, 9.17) is 0 Å². The maximum Gasteiger partial charge on any atom is 0.0695 e. The zero-order chi connectivity index (χ0) is 9.26. The maximum absolute atomic E-state index is 4.55. The van der Waals surface area contributed by atoms with E-state index < -0.39 is 0 Å². The minimum absolute atomic E-state index is 0.730. The molecule has 0 N–H and O–H groups in total. The Morgan fingerprint density at radius 2 is 2.23 bits per heavy atom. The Hall–Kier alpha value is -0.310. The summed E-state index contributed by atoms with van der Waals surface area (Å²) in [5.41, 5.74) is 2.70. The summed E-state index contributed by atoms with van der Waals surface area (Å²) in [4.78, 5) is 0. The van der Waals surface area contributed by atoms with Crippen LogP contribution >= 0.6 is 15.9 Å². The molecule has 0 amide bonds. The normalized spacial score (nSPS) is 18.3. The second-order valence-electron chi connectivity index (χ2n) is 3.83. The lowest BCUT2D eigenvalue weighted by atomic mass is 10.0. The summed E-state index contributed by atoms with van der Waals surface area (Å²) >= 11 is 3.52. The van der Waals surface area contributed by atoms with Gasteiger partial charge in [-0.25, -0.2) is 0 Å². The smallest absolute Gasteiger partial charge is 0.0695 e. The van der Waals surface area contributed by atoms with E-state index in [2.05, 4.69) is 27.2 Å². The number of rotatable bonds is 2. The van der Waals surface area contributed by atoms with Gasteiger partial charge in [0.2, 0.25) is 0 Å². The summed E-state index contributed by atoms with van der Waals surface area (Å²) in [7, 11) is 2.00. The molecule has 2 nitrogen and oxygen atoms in total. The van der Waals surface area contributed by atoms with Crippen molar-refractivity contribution in [2.45, 2.75) is 36.9 Å². The van der Waals surface area contributed by atoms with Gasteiger partial charge >= 0.3 is 0 Å². The summed E-state index contributed by atoms with van der Waals surface area (Å²) in [6.45, 7) is 0. The van der Waals surface area contributed by atoms with E-state index in [0.717, 1.165) is 11.2 Å². The molecule has 1 aromatic heterocycles. The fourth-order valence-corrected chi connectivity index (χ4v) is 2.63. The predicted octanol–water partition coefficient (Wildman–Crippen LogP) is 2.97. The van der Waals surface area contributed by atoms with Gasteiger partial charge in [0.25, 0.3) is 0 Å². The molecule has 72 valence electrons. The van der Waals surface area contributed by atoms with Crippen LogP contribution in [0.1, 0.15) is 42.9 Å². The van der Waals surface area contributed by atoms with E-state index in [9.17, 15) is 0 Å². The van der Waals surface area contributed by atoms with Crippen LogP contribution in [0.15, 0.2) is 6.20 Å². The van der Waals surface area contributed by atoms with Crippen molar-refractivity contribution >= 4 is 15.9 Å². The molecule has 0 radical (unpaired) electrons. The van der Waals surface area contributed by atoms with Crippen LogP contribution in [-0.4, -0.2) is 9.78 Å². The summed E-state index contributed by atoms with van der Waals surface area (Å²) in [6, 6.07) is 0. The van der Waals surface area contributed by atoms with Crippen molar-refractivity contribution in [2.24, 2.45) is 7.05 Å². The van der Waals surface area contributed by atoms with Crippen molar-refractivity contribution in [3.8, 4) is 0 Å². The summed E-state index contributed by atoms with van der Waals surface area (Å²) < 4.78 is 1.93. The average Bonchev–Trinajstić information content (AvgIpc) is 2.71. The number of nitrogens with zero attached hydrogens (tertiary/aromatic N) is 2. The highest BCUT2D eigenvalue weighted by Crippen LogP contribution is 2.35. The molecule has 1 aromatic rings. The maximum atomic E-state index is 4.55. The second-order valence-corrected chi connectivity index (χ2v) is 4.39. The minimum Gasteiger partial charge on any atom is -0.275 e. The first-order valence-electron chi connectivity index (χ1n) is 4.89. The number of aryl methyl sites for hydroxylation is 1. The van der Waals surface area contributed by atoms with Crippen molar-refractivity contribution < 1.29 is 0 Å². The lowest BCUT2D eigenvalue weighted by Gasteiger charge is -2.06. The highest BCUT2D eigenvalue weighted by molar-refractivity contribution is 9.08. The Labute approximate surface area is 87.5 Å². The van der Waals surface area contributed by atoms with Crippen LogP contribution in [0.5, 0.6) is 0 Å². The zero-order valence-electron chi connectivity index (χ0n) is 7.96. The van der Waals surface area contributed by atoms with E-state index in [1.54, 1.807) is 0 Å². The Kier molecular flexibility index (Phi) is 2.72. The monoisotopic (exact) mass is 242 g/mol. The van der Waals surface area contributed by atoms with Crippen molar-refractivity contribution in [2.75, 3.05) is 0 Å². The van der Waals surface area contributed by atoms with Crippen LogP contribution in [0.4, 0.5) is 0 Å². The van der Waals surface area contributed by atoms with Gasteiger partial charge in [0.1, 0.15) is 0 Å². The third-order valence-electron chi connectivity index (χ3n) is 2.82. The molecular weight excluding hydrogens is 228 g/mol. The molecule has 0 atom stereocenters. The first-order valence-corrected chi connectivity index (χ1v) is 6.02. The van der Waals surface area contributed by atoms with Gasteiger partial charge in [0, 0.05) is 30.1 Å². The van der Waals surface area contributed by atoms with Crippen LogP contribution in [-0.2, 0) is 12.4 Å². The molecule has 1 aliphatic rings. The highest BCUT2D eigenvalue weighted by Gasteiger charge is 2.22. The SMILES string of the molecule is Cn1cc(CBr)c(C2CCCC2)n1. The molecule has 0 unspecified atom stereocenters. The fourth-order valence-electron chi connectivity index (χ4n) is 2.20. The molecule has 1 aliphatic carbocycles. The highest BCUT2D eigenvalue weighted by atomic mass is 79.9. The molecule has 0 spiro atoms. The lowest BCUT2D eigenvalue weighted by Crippen LogP contribution is -1.97. The van der Waals surface area contributed by atoms with E-state index in [1.807, 2.05) is 11.7 Å². The van der Waals surface area contributed by atoms with Crippen LogP contribution in [0.2, 0.25) is 0 Å². The minimum atomic E-state index is 0.730. The number of halogens is 1. The zero-order valence-corrected chi connectivity index (χ0v) is 9.55. The first-order chi connectivity index (χ1) is 6.31. The van der Waals surface area contributed by atoms with Gasteiger partial charge in [0.15, 0.2) is 0 Å². The quantitative estimate of drug-likeness (QED) is 0.730. The Morgan fingerprint density at radius 3 is 2.85 bits per heavy atom. The molecule has 0 saturated heterocycles. The molecule has 1 saturated carbocycles. The number of hydrogen-bond acceptors (Lipinski definition) is 1. The van der Waals surface area contributed by atoms with E-state index >= 15 is 0 Å². The fraction of sp³-hybridized carbons (Fsp3) is 0.700. The topological polar surface area (TPSA) is 17.8 Å². The third-order valence-corrected chi connectivity index (χ3v) is 3.43. The molecule has 0 bridgehead atoms.